The van der Waals surface area contributed by atoms with Gasteiger partial charge in [0.25, 0.3) is 5.91 Å². The summed E-state index contributed by atoms with van der Waals surface area (Å²) in [5.41, 5.74) is 1.22. The number of nitrogens with one attached hydrogen (secondary N) is 4. The van der Waals surface area contributed by atoms with Gasteiger partial charge >= 0.3 is 6.09 Å². The van der Waals surface area contributed by atoms with Crippen molar-refractivity contribution in [2.45, 2.75) is 75.2 Å². The first kappa shape index (κ1) is 23.0. The van der Waals surface area contributed by atoms with Crippen molar-refractivity contribution < 1.29 is 18.7 Å². The average molecular weight is 517 g/mol. The van der Waals surface area contributed by atoms with Gasteiger partial charge in [0, 0.05) is 41.5 Å². The summed E-state index contributed by atoms with van der Waals surface area (Å²) in [6.07, 6.45) is 3.29. The Labute approximate surface area is 210 Å². The normalized spacial score (nSPS) is 24.5. The highest BCUT2D eigenvalue weighted by atomic mass is 35.5. The highest BCUT2D eigenvalue weighted by Gasteiger charge is 2.42. The number of rotatable bonds is 7. The van der Waals surface area contributed by atoms with E-state index in [9.17, 15) is 14.0 Å². The lowest BCUT2D eigenvalue weighted by Crippen LogP contribution is -2.38. The first-order chi connectivity index (χ1) is 17.2. The van der Waals surface area contributed by atoms with Gasteiger partial charge in [0.15, 0.2) is 5.82 Å². The zero-order chi connectivity index (χ0) is 25.0. The summed E-state index contributed by atoms with van der Waals surface area (Å²) in [4.78, 5) is 33.2. The van der Waals surface area contributed by atoms with E-state index in [1.54, 1.807) is 22.7 Å². The lowest BCUT2D eigenvalue weighted by Gasteiger charge is -2.17. The van der Waals surface area contributed by atoms with Crippen molar-refractivity contribution in [1.29, 1.82) is 0 Å². The van der Waals surface area contributed by atoms with Crippen molar-refractivity contribution in [3.05, 3.63) is 34.9 Å². The monoisotopic (exact) mass is 516 g/mol. The minimum atomic E-state index is -1.26. The van der Waals surface area contributed by atoms with Crippen LogP contribution in [0.2, 0.25) is 5.15 Å². The maximum absolute atomic E-state index is 14.6. The van der Waals surface area contributed by atoms with Crippen LogP contribution in [0.15, 0.2) is 18.3 Å². The van der Waals surface area contributed by atoms with E-state index in [0.717, 1.165) is 25.7 Å². The SMILES string of the molecule is CC1(NC(=O)O[C@H]2C[C@@H](c3cc(Nc4nc(Cl)cc5nc(C(=O)NC6CC6)cn45)n[nH]3)C[C@H]2F)CC1. The number of alkyl carbamates (subject to hydrolysis) is 1. The molecule has 0 radical (unpaired) electrons. The van der Waals surface area contributed by atoms with Gasteiger partial charge in [0.1, 0.15) is 28.8 Å². The Bertz CT molecular complexity index is 1330. The molecule has 190 valence electrons. The highest BCUT2D eigenvalue weighted by Crippen LogP contribution is 2.39. The molecule has 3 fully saturated rings. The topological polar surface area (TPSA) is 138 Å². The van der Waals surface area contributed by atoms with Crippen molar-refractivity contribution in [2.24, 2.45) is 0 Å². The van der Waals surface area contributed by atoms with Crippen LogP contribution in [0.5, 0.6) is 0 Å². The smallest absolute Gasteiger partial charge is 0.407 e. The predicted molar refractivity (Wildman–Crippen MR) is 128 cm³/mol. The first-order valence-electron chi connectivity index (χ1n) is 12.1. The number of hydrogen-bond donors (Lipinski definition) is 4. The molecule has 0 spiro atoms. The number of carbonyl (C=O) groups is 2. The zero-order valence-electron chi connectivity index (χ0n) is 19.6. The molecule has 4 N–H and O–H groups in total. The Kier molecular flexibility index (Phi) is 5.51. The number of fused-ring (bicyclic) bond motifs is 1. The third kappa shape index (κ3) is 4.81. The molecule has 3 atom stereocenters. The molecule has 0 bridgehead atoms. The van der Waals surface area contributed by atoms with Crippen LogP contribution in [0.4, 0.5) is 21.0 Å². The fourth-order valence-corrected chi connectivity index (χ4v) is 4.60. The van der Waals surface area contributed by atoms with E-state index in [-0.39, 0.29) is 40.7 Å². The lowest BCUT2D eigenvalue weighted by molar-refractivity contribution is 0.0583. The molecule has 3 aromatic heterocycles. The molecule has 0 aromatic carbocycles. The van der Waals surface area contributed by atoms with E-state index in [4.69, 9.17) is 16.3 Å². The molecule has 0 saturated heterocycles. The van der Waals surface area contributed by atoms with Gasteiger partial charge in [-0.2, -0.15) is 5.10 Å². The number of aromatic nitrogens is 5. The van der Waals surface area contributed by atoms with Gasteiger partial charge in [-0.3, -0.25) is 14.3 Å². The number of aromatic amines is 1. The number of nitrogens with zero attached hydrogens (tertiary/aromatic N) is 4. The number of carbonyl (C=O) groups excluding carboxylic acids is 2. The van der Waals surface area contributed by atoms with E-state index < -0.39 is 18.4 Å². The standard InChI is InChI=1S/C23H26ClFN8O3/c1-23(4-5-23)30-22(35)36-16-7-11(6-13(16)25)14-8-18(32-31-14)29-21-28-17(24)9-19-27-15(10-33(19)21)20(34)26-12-2-3-12/h8-13,16H,2-7H2,1H3,(H,26,34)(H,30,35)(H2,28,29,31,32)/t11-,13+,16-/m0/s1. The van der Waals surface area contributed by atoms with Crippen molar-refractivity contribution in [2.75, 3.05) is 5.32 Å². The fourth-order valence-electron chi connectivity index (χ4n) is 4.42. The Hall–Kier alpha value is -3.41. The maximum atomic E-state index is 14.6. The molecule has 6 rings (SSSR count). The molecule has 3 saturated carbocycles. The number of alkyl halides is 1. The molecular weight excluding hydrogens is 491 g/mol. The molecule has 3 aromatic rings. The average Bonchev–Trinajstić information content (AvgIpc) is 3.59. The second-order valence-electron chi connectivity index (χ2n) is 10.2. The predicted octanol–water partition coefficient (Wildman–Crippen LogP) is 3.60. The number of imidazole rings is 1. The number of H-pyrrole nitrogens is 1. The van der Waals surface area contributed by atoms with Crippen LogP contribution in [0.25, 0.3) is 5.65 Å². The van der Waals surface area contributed by atoms with Crippen LogP contribution in [-0.2, 0) is 4.74 Å². The Morgan fingerprint density at radius 1 is 1.25 bits per heavy atom. The minimum absolute atomic E-state index is 0.185. The number of amides is 2. The summed E-state index contributed by atoms with van der Waals surface area (Å²) >= 11 is 6.18. The molecule has 0 unspecified atom stereocenters. The van der Waals surface area contributed by atoms with Gasteiger partial charge in [-0.05, 0) is 45.4 Å². The highest BCUT2D eigenvalue weighted by molar-refractivity contribution is 6.29. The maximum Gasteiger partial charge on any atom is 0.407 e. The van der Waals surface area contributed by atoms with E-state index in [2.05, 4.69) is 36.1 Å². The minimum Gasteiger partial charge on any atom is -0.443 e. The molecule has 3 aliphatic rings. The number of anilines is 2. The Morgan fingerprint density at radius 2 is 2.06 bits per heavy atom. The number of halogens is 2. The largest absolute Gasteiger partial charge is 0.443 e. The summed E-state index contributed by atoms with van der Waals surface area (Å²) < 4.78 is 21.6. The molecule has 0 aliphatic heterocycles. The summed E-state index contributed by atoms with van der Waals surface area (Å²) in [5, 5.41) is 16.2. The van der Waals surface area contributed by atoms with Crippen LogP contribution in [0.3, 0.4) is 0 Å². The van der Waals surface area contributed by atoms with Crippen LogP contribution in [0, 0.1) is 0 Å². The molecule has 36 heavy (non-hydrogen) atoms. The Morgan fingerprint density at radius 3 is 2.81 bits per heavy atom. The van der Waals surface area contributed by atoms with Gasteiger partial charge in [0.2, 0.25) is 5.95 Å². The molecular formula is C23H26ClFN8O3. The molecule has 2 amide bonds. The summed E-state index contributed by atoms with van der Waals surface area (Å²) in [5.74, 6) is 0.340. The Balaban J connectivity index is 1.14. The van der Waals surface area contributed by atoms with E-state index in [1.807, 2.05) is 6.92 Å². The van der Waals surface area contributed by atoms with Gasteiger partial charge in [0.05, 0.1) is 0 Å². The summed E-state index contributed by atoms with van der Waals surface area (Å²) in [6.45, 7) is 1.94. The fraction of sp³-hybridized carbons (Fsp3) is 0.522. The second kappa shape index (κ2) is 8.61. The van der Waals surface area contributed by atoms with Gasteiger partial charge in [-0.25, -0.2) is 19.2 Å². The quantitative estimate of drug-likeness (QED) is 0.352. The molecule has 11 nitrogen and oxygen atoms in total. The van der Waals surface area contributed by atoms with Gasteiger partial charge < -0.3 is 20.7 Å². The van der Waals surface area contributed by atoms with Crippen LogP contribution in [-0.4, -0.2) is 60.4 Å². The van der Waals surface area contributed by atoms with Crippen molar-refractivity contribution in [3.8, 4) is 0 Å². The summed E-state index contributed by atoms with van der Waals surface area (Å²) in [6, 6.07) is 3.54. The third-order valence-corrected chi connectivity index (χ3v) is 7.13. The number of hydrogen-bond acceptors (Lipinski definition) is 7. The first-order valence-corrected chi connectivity index (χ1v) is 12.4. The van der Waals surface area contributed by atoms with Gasteiger partial charge in [-0.15, -0.1) is 0 Å². The van der Waals surface area contributed by atoms with Crippen molar-refractivity contribution in [1.82, 2.24) is 35.2 Å². The summed E-state index contributed by atoms with van der Waals surface area (Å²) in [7, 11) is 0. The van der Waals surface area contributed by atoms with E-state index >= 15 is 0 Å². The second-order valence-corrected chi connectivity index (χ2v) is 10.5. The van der Waals surface area contributed by atoms with E-state index in [1.165, 1.54) is 0 Å². The number of ether oxygens (including phenoxy) is 1. The third-order valence-electron chi connectivity index (χ3n) is 6.94. The van der Waals surface area contributed by atoms with Crippen molar-refractivity contribution >= 4 is 41.0 Å². The molecule has 3 aliphatic carbocycles. The lowest BCUT2D eigenvalue weighted by atomic mass is 10.0. The van der Waals surface area contributed by atoms with E-state index in [0.29, 0.717) is 29.5 Å². The molecule has 13 heteroatoms. The van der Waals surface area contributed by atoms with Crippen molar-refractivity contribution in [3.63, 3.8) is 0 Å². The molecule has 3 heterocycles. The van der Waals surface area contributed by atoms with Crippen LogP contribution in [0.1, 0.15) is 67.5 Å². The van der Waals surface area contributed by atoms with Gasteiger partial charge in [-0.1, -0.05) is 11.6 Å². The van der Waals surface area contributed by atoms with Crippen LogP contribution < -0.4 is 16.0 Å². The van der Waals surface area contributed by atoms with Crippen LogP contribution >= 0.6 is 11.6 Å². The zero-order valence-corrected chi connectivity index (χ0v) is 20.3.